The third-order valence-electron chi connectivity index (χ3n) is 7.54. The maximum Gasteiger partial charge on any atom is 0.337 e. The summed E-state index contributed by atoms with van der Waals surface area (Å²) in [7, 11) is 1.59. The van der Waals surface area contributed by atoms with Gasteiger partial charge in [0.2, 0.25) is 0 Å². The van der Waals surface area contributed by atoms with Crippen LogP contribution in [0.1, 0.15) is 47.6 Å². The van der Waals surface area contributed by atoms with Crippen molar-refractivity contribution in [3.63, 3.8) is 0 Å². The summed E-state index contributed by atoms with van der Waals surface area (Å²) in [5.74, 6) is -0.874. The molecular formula is C32H27NO6S. The Morgan fingerprint density at radius 2 is 1.85 bits per heavy atom. The SMILES string of the molecule is COc1ccc(COC(=O)C2=C(C)NC3=C(C(=O)CC(c4cccs4)C3)C2c2coc3ccccc3c2=O)cc1. The lowest BCUT2D eigenvalue weighted by Gasteiger charge is -2.36. The van der Waals surface area contributed by atoms with Gasteiger partial charge in [-0.15, -0.1) is 11.3 Å². The smallest absolute Gasteiger partial charge is 0.337 e. The molecule has 8 heteroatoms. The number of carbonyl (C=O) groups is 2. The zero-order valence-electron chi connectivity index (χ0n) is 22.1. The number of ether oxygens (including phenoxy) is 2. The van der Waals surface area contributed by atoms with Crippen LogP contribution in [0.4, 0.5) is 0 Å². The number of ketones is 1. The largest absolute Gasteiger partial charge is 0.497 e. The Morgan fingerprint density at radius 1 is 1.05 bits per heavy atom. The van der Waals surface area contributed by atoms with E-state index in [1.807, 2.05) is 29.6 Å². The van der Waals surface area contributed by atoms with Crippen LogP contribution in [0.25, 0.3) is 11.0 Å². The Morgan fingerprint density at radius 3 is 2.60 bits per heavy atom. The third kappa shape index (κ3) is 4.64. The Bertz CT molecular complexity index is 1730. The van der Waals surface area contributed by atoms with Crippen molar-refractivity contribution in [1.29, 1.82) is 0 Å². The van der Waals surface area contributed by atoms with Crippen LogP contribution < -0.4 is 15.5 Å². The molecule has 2 aromatic heterocycles. The first-order chi connectivity index (χ1) is 19.4. The number of hydrogen-bond donors (Lipinski definition) is 1. The molecule has 2 aliphatic rings. The molecule has 0 radical (unpaired) electrons. The first-order valence-electron chi connectivity index (χ1n) is 13.0. The molecule has 0 saturated carbocycles. The third-order valence-corrected chi connectivity index (χ3v) is 8.57. The highest BCUT2D eigenvalue weighted by atomic mass is 32.1. The molecule has 202 valence electrons. The van der Waals surface area contributed by atoms with Crippen LogP contribution in [0, 0.1) is 0 Å². The molecule has 0 amide bonds. The van der Waals surface area contributed by atoms with E-state index >= 15 is 0 Å². The first kappa shape index (κ1) is 25.8. The minimum absolute atomic E-state index is 0.0267. The highest BCUT2D eigenvalue weighted by molar-refractivity contribution is 7.10. The lowest BCUT2D eigenvalue weighted by Crippen LogP contribution is -2.37. The molecule has 0 saturated heterocycles. The van der Waals surface area contributed by atoms with Crippen molar-refractivity contribution in [2.45, 2.75) is 38.2 Å². The van der Waals surface area contributed by atoms with Gasteiger partial charge >= 0.3 is 5.97 Å². The van der Waals surface area contributed by atoms with Gasteiger partial charge in [-0.05, 0) is 54.6 Å². The summed E-state index contributed by atoms with van der Waals surface area (Å²) in [6.07, 6.45) is 2.28. The fourth-order valence-corrected chi connectivity index (χ4v) is 6.42. The van der Waals surface area contributed by atoms with Crippen LogP contribution in [0.2, 0.25) is 0 Å². The predicted octanol–water partition coefficient (Wildman–Crippen LogP) is 5.97. The van der Waals surface area contributed by atoms with Crippen LogP contribution >= 0.6 is 11.3 Å². The van der Waals surface area contributed by atoms with Gasteiger partial charge in [-0.25, -0.2) is 4.79 Å². The zero-order chi connectivity index (χ0) is 27.8. The molecule has 1 aliphatic heterocycles. The summed E-state index contributed by atoms with van der Waals surface area (Å²) < 4.78 is 16.8. The van der Waals surface area contributed by atoms with Crippen LogP contribution in [-0.2, 0) is 20.9 Å². The number of para-hydroxylation sites is 1. The number of nitrogens with one attached hydrogen (secondary N) is 1. The number of allylic oxidation sites excluding steroid dienone is 3. The Hall–Kier alpha value is -4.43. The van der Waals surface area contributed by atoms with Gasteiger partial charge in [0.1, 0.15) is 17.9 Å². The average molecular weight is 554 g/mol. The van der Waals surface area contributed by atoms with Crippen LogP contribution in [0.5, 0.6) is 5.75 Å². The number of rotatable bonds is 6. The standard InChI is InChI=1S/C32H27NO6S/c1-18-28(32(36)39-16-19-9-11-21(37-2)12-10-19)29(23-17-38-26-7-4-3-6-22(26)31(23)35)30-24(33-18)14-20(15-25(30)34)27-8-5-13-40-27/h3-13,17,20,29,33H,14-16H2,1-2H3. The molecule has 0 spiro atoms. The second-order valence-electron chi connectivity index (χ2n) is 9.97. The van der Waals surface area contributed by atoms with Gasteiger partial charge in [0.25, 0.3) is 0 Å². The lowest BCUT2D eigenvalue weighted by molar-refractivity contribution is -0.140. The van der Waals surface area contributed by atoms with Crippen molar-refractivity contribution in [3.8, 4) is 5.75 Å². The number of carbonyl (C=O) groups excluding carboxylic acids is 2. The fraction of sp³-hybridized carbons (Fsp3) is 0.219. The zero-order valence-corrected chi connectivity index (χ0v) is 22.9. The van der Waals surface area contributed by atoms with Crippen molar-refractivity contribution in [2.75, 3.05) is 7.11 Å². The summed E-state index contributed by atoms with van der Waals surface area (Å²) in [5.41, 5.74) is 3.14. The van der Waals surface area contributed by atoms with Gasteiger partial charge in [0.05, 0.1) is 30.3 Å². The molecule has 2 unspecified atom stereocenters. The maximum absolute atomic E-state index is 13.8. The molecule has 1 N–H and O–H groups in total. The van der Waals surface area contributed by atoms with Gasteiger partial charge in [-0.2, -0.15) is 0 Å². The summed E-state index contributed by atoms with van der Waals surface area (Å²) in [5, 5.41) is 5.73. The van der Waals surface area contributed by atoms with E-state index in [2.05, 4.69) is 5.32 Å². The summed E-state index contributed by atoms with van der Waals surface area (Å²) in [6.45, 7) is 1.81. The van der Waals surface area contributed by atoms with Crippen molar-refractivity contribution in [1.82, 2.24) is 5.32 Å². The highest BCUT2D eigenvalue weighted by Crippen LogP contribution is 2.46. The van der Waals surface area contributed by atoms with E-state index in [0.29, 0.717) is 40.8 Å². The van der Waals surface area contributed by atoms with Gasteiger partial charge < -0.3 is 19.2 Å². The first-order valence-corrected chi connectivity index (χ1v) is 13.9. The van der Waals surface area contributed by atoms with E-state index in [1.54, 1.807) is 61.8 Å². The predicted molar refractivity (Wildman–Crippen MR) is 152 cm³/mol. The quantitative estimate of drug-likeness (QED) is 0.294. The maximum atomic E-state index is 13.8. The molecule has 40 heavy (non-hydrogen) atoms. The molecule has 2 aromatic carbocycles. The number of fused-ring (bicyclic) bond motifs is 1. The van der Waals surface area contributed by atoms with E-state index in [-0.39, 0.29) is 34.9 Å². The molecule has 0 bridgehead atoms. The Kier molecular flexibility index (Phi) is 6.86. The number of Topliss-reactive ketones (excluding diaryl/α,β-unsaturated/α-hetero) is 1. The number of dihydropyridines is 1. The molecular weight excluding hydrogens is 526 g/mol. The van der Waals surface area contributed by atoms with E-state index in [4.69, 9.17) is 13.9 Å². The molecule has 4 aromatic rings. The van der Waals surface area contributed by atoms with Gasteiger partial charge in [0.15, 0.2) is 11.2 Å². The summed E-state index contributed by atoms with van der Waals surface area (Å²) >= 11 is 1.62. The number of esters is 1. The molecule has 1 aliphatic carbocycles. The van der Waals surface area contributed by atoms with Gasteiger partial charge in [-0.1, -0.05) is 30.3 Å². The van der Waals surface area contributed by atoms with E-state index in [0.717, 1.165) is 16.1 Å². The van der Waals surface area contributed by atoms with Crippen LogP contribution in [0.15, 0.2) is 104 Å². The number of methoxy groups -OCH3 is 1. The normalized spacial score (nSPS) is 18.9. The minimum Gasteiger partial charge on any atom is -0.497 e. The second-order valence-corrected chi connectivity index (χ2v) is 11.0. The fourth-order valence-electron chi connectivity index (χ4n) is 5.59. The van der Waals surface area contributed by atoms with Gasteiger partial charge in [0, 0.05) is 39.7 Å². The number of thiophene rings is 1. The van der Waals surface area contributed by atoms with Crippen LogP contribution in [-0.4, -0.2) is 18.9 Å². The van der Waals surface area contributed by atoms with Crippen molar-refractivity contribution in [3.05, 3.63) is 121 Å². The van der Waals surface area contributed by atoms with Gasteiger partial charge in [-0.3, -0.25) is 9.59 Å². The number of hydrogen-bond acceptors (Lipinski definition) is 8. The molecule has 6 rings (SSSR count). The Labute approximate surface area is 234 Å². The molecule has 7 nitrogen and oxygen atoms in total. The number of benzene rings is 2. The summed E-state index contributed by atoms with van der Waals surface area (Å²) in [4.78, 5) is 42.4. The van der Waals surface area contributed by atoms with Crippen molar-refractivity contribution < 1.29 is 23.5 Å². The summed E-state index contributed by atoms with van der Waals surface area (Å²) in [6, 6.07) is 18.2. The Balaban J connectivity index is 1.41. The van der Waals surface area contributed by atoms with E-state index in [1.165, 1.54) is 6.26 Å². The monoisotopic (exact) mass is 553 g/mol. The minimum atomic E-state index is -0.905. The van der Waals surface area contributed by atoms with Crippen LogP contribution in [0.3, 0.4) is 0 Å². The molecule has 2 atom stereocenters. The van der Waals surface area contributed by atoms with E-state index in [9.17, 15) is 14.4 Å². The highest BCUT2D eigenvalue weighted by Gasteiger charge is 2.43. The second kappa shape index (κ2) is 10.6. The lowest BCUT2D eigenvalue weighted by atomic mass is 9.73. The average Bonchev–Trinajstić information content (AvgIpc) is 3.51. The topological polar surface area (TPSA) is 94.8 Å². The van der Waals surface area contributed by atoms with E-state index < -0.39 is 11.9 Å². The van der Waals surface area contributed by atoms with Crippen molar-refractivity contribution >= 4 is 34.1 Å². The molecule has 0 fully saturated rings. The molecule has 3 heterocycles. The van der Waals surface area contributed by atoms with Crippen molar-refractivity contribution in [2.24, 2.45) is 0 Å².